The van der Waals surface area contributed by atoms with E-state index in [0.29, 0.717) is 37.0 Å². The fourth-order valence-corrected chi connectivity index (χ4v) is 12.0. The van der Waals surface area contributed by atoms with Gasteiger partial charge in [0.15, 0.2) is 0 Å². The first-order valence-electron chi connectivity index (χ1n) is 30.7. The molecule has 0 radical (unpaired) electrons. The number of esters is 3. The summed E-state index contributed by atoms with van der Waals surface area (Å²) >= 11 is 16.9. The highest BCUT2D eigenvalue weighted by Gasteiger charge is 2.25. The van der Waals surface area contributed by atoms with Crippen molar-refractivity contribution in [2.75, 3.05) is 0 Å². The smallest absolute Gasteiger partial charge is 0.311 e. The van der Waals surface area contributed by atoms with Crippen molar-refractivity contribution in [2.45, 2.75) is 252 Å². The molecule has 3 aliphatic rings. The normalized spacial score (nSPS) is 20.1. The topological polar surface area (TPSA) is 78.9 Å². The van der Waals surface area contributed by atoms with Gasteiger partial charge in [0.05, 0.1) is 15.1 Å². The first-order chi connectivity index (χ1) is 37.7. The van der Waals surface area contributed by atoms with Crippen molar-refractivity contribution in [3.05, 3.63) is 87.1 Å². The van der Waals surface area contributed by atoms with E-state index < -0.39 is 17.5 Å². The molecular formula is C66H96Cl3F3O6. The molecule has 0 atom stereocenters. The minimum absolute atomic E-state index is 0.0336. The van der Waals surface area contributed by atoms with E-state index in [-0.39, 0.29) is 50.2 Å². The second kappa shape index (κ2) is 40.0. The van der Waals surface area contributed by atoms with Gasteiger partial charge >= 0.3 is 17.9 Å². The predicted molar refractivity (Wildman–Crippen MR) is 315 cm³/mol. The molecule has 6 nitrogen and oxygen atoms in total. The summed E-state index contributed by atoms with van der Waals surface area (Å²) in [7, 11) is 0. The molecule has 0 aromatic heterocycles. The highest BCUT2D eigenvalue weighted by molar-refractivity contribution is 6.31. The molecule has 0 aliphatic heterocycles. The molecule has 3 saturated carbocycles. The molecule has 0 saturated heterocycles. The van der Waals surface area contributed by atoms with Gasteiger partial charge in [0.25, 0.3) is 0 Å². The largest absolute Gasteiger partial charge is 0.426 e. The third-order valence-corrected chi connectivity index (χ3v) is 17.6. The van der Waals surface area contributed by atoms with Crippen molar-refractivity contribution in [1.82, 2.24) is 0 Å². The molecular weight excluding hydrogens is 1050 g/mol. The van der Waals surface area contributed by atoms with Gasteiger partial charge in [-0.2, -0.15) is 0 Å². The molecule has 0 bridgehead atoms. The number of carbonyl (C=O) groups excluding carboxylic acids is 3. The van der Waals surface area contributed by atoms with Crippen molar-refractivity contribution >= 4 is 52.7 Å². The molecule has 0 N–H and O–H groups in total. The Kier molecular flexibility index (Phi) is 34.5. The van der Waals surface area contributed by atoms with Gasteiger partial charge in [0.1, 0.15) is 34.7 Å². The van der Waals surface area contributed by atoms with E-state index in [1.807, 2.05) is 0 Å². The standard InChI is InChI=1S/C23H34ClFO2.C22H32ClFO2.C21H30ClFO2/c1-2-3-4-5-6-7-8-18-9-11-19(12-10-18)13-16-23(26)27-20-14-15-21(24)22(25)17-20;1-2-3-4-5-6-7-17-8-10-18(11-9-17)12-15-22(25)26-19-13-14-20(23)21(24)16-19;1-2-3-4-5-6-16-7-9-17(10-8-16)11-14-21(24)25-18-12-13-19(22)20(23)15-18/h14-15,17-19H,2-13,16H2,1H3;13-14,16-18H,2-12,15H2,1H3;12-13,15-17H,2-11,14H2,1H3. The maximum absolute atomic E-state index is 13.4. The molecule has 0 unspecified atom stereocenters. The average Bonchev–Trinajstić information content (AvgIpc) is 3.44. The second-order valence-electron chi connectivity index (χ2n) is 23.0. The molecule has 3 fully saturated rings. The zero-order chi connectivity index (χ0) is 56.3. The third kappa shape index (κ3) is 28.9. The molecule has 0 amide bonds. The van der Waals surface area contributed by atoms with Crippen LogP contribution in [0.2, 0.25) is 15.1 Å². The highest BCUT2D eigenvalue weighted by atomic mass is 35.5. The molecule has 6 rings (SSSR count). The van der Waals surface area contributed by atoms with E-state index >= 15 is 0 Å². The summed E-state index contributed by atoms with van der Waals surface area (Å²) in [6.45, 7) is 6.76. The Hall–Kier alpha value is -3.27. The molecule has 3 aliphatic carbocycles. The second-order valence-corrected chi connectivity index (χ2v) is 24.3. The van der Waals surface area contributed by atoms with Crippen LogP contribution in [0.4, 0.5) is 13.2 Å². The van der Waals surface area contributed by atoms with E-state index in [0.717, 1.165) is 55.2 Å². The van der Waals surface area contributed by atoms with Crippen LogP contribution in [0.1, 0.15) is 252 Å². The number of unbranched alkanes of at least 4 members (excludes halogenated alkanes) is 12. The maximum Gasteiger partial charge on any atom is 0.311 e. The molecule has 78 heavy (non-hydrogen) atoms. The average molecular weight is 1150 g/mol. The number of halogens is 6. The lowest BCUT2D eigenvalue weighted by atomic mass is 9.78. The van der Waals surface area contributed by atoms with Gasteiger partial charge in [0, 0.05) is 37.5 Å². The molecule has 438 valence electrons. The Balaban J connectivity index is 0.000000253. The lowest BCUT2D eigenvalue weighted by Gasteiger charge is -2.28. The molecule has 3 aromatic carbocycles. The van der Waals surface area contributed by atoms with E-state index in [1.54, 1.807) is 0 Å². The van der Waals surface area contributed by atoms with E-state index in [4.69, 9.17) is 49.0 Å². The van der Waals surface area contributed by atoms with E-state index in [2.05, 4.69) is 20.8 Å². The van der Waals surface area contributed by atoms with Crippen molar-refractivity contribution in [1.29, 1.82) is 0 Å². The Bertz CT molecular complexity index is 2130. The summed E-state index contributed by atoms with van der Waals surface area (Å²) in [5.41, 5.74) is 0. The van der Waals surface area contributed by atoms with Crippen LogP contribution >= 0.6 is 34.8 Å². The summed E-state index contributed by atoms with van der Waals surface area (Å²) in [6, 6.07) is 12.3. The zero-order valence-corrected chi connectivity index (χ0v) is 50.1. The van der Waals surface area contributed by atoms with Gasteiger partial charge in [0.2, 0.25) is 0 Å². The fourth-order valence-electron chi connectivity index (χ4n) is 11.7. The van der Waals surface area contributed by atoms with Crippen LogP contribution < -0.4 is 14.2 Å². The predicted octanol–water partition coefficient (Wildman–Crippen LogP) is 22.0. The maximum atomic E-state index is 13.4. The number of carbonyl (C=O) groups is 3. The molecule has 12 heteroatoms. The Morgan fingerprint density at radius 2 is 0.577 bits per heavy atom. The van der Waals surface area contributed by atoms with Crippen molar-refractivity contribution in [2.24, 2.45) is 35.5 Å². The van der Waals surface area contributed by atoms with Gasteiger partial charge in [-0.15, -0.1) is 0 Å². The van der Waals surface area contributed by atoms with Crippen LogP contribution in [0.3, 0.4) is 0 Å². The zero-order valence-electron chi connectivity index (χ0n) is 47.8. The minimum atomic E-state index is -0.566. The van der Waals surface area contributed by atoms with Gasteiger partial charge in [-0.25, -0.2) is 13.2 Å². The molecule has 3 aromatic rings. The fraction of sp³-hybridized carbons (Fsp3) is 0.682. The Labute approximate surface area is 483 Å². The van der Waals surface area contributed by atoms with Gasteiger partial charge in [-0.1, -0.05) is 248 Å². The van der Waals surface area contributed by atoms with Crippen molar-refractivity contribution < 1.29 is 41.8 Å². The van der Waals surface area contributed by atoms with E-state index in [9.17, 15) is 27.6 Å². The first-order valence-corrected chi connectivity index (χ1v) is 31.8. The highest BCUT2D eigenvalue weighted by Crippen LogP contribution is 2.37. The van der Waals surface area contributed by atoms with Crippen LogP contribution in [0.25, 0.3) is 0 Å². The molecule has 0 spiro atoms. The summed E-state index contributed by atoms with van der Waals surface area (Å²) in [5.74, 6) is 2.66. The number of hydrogen-bond donors (Lipinski definition) is 0. The Morgan fingerprint density at radius 3 is 0.821 bits per heavy atom. The van der Waals surface area contributed by atoms with Crippen LogP contribution in [-0.2, 0) is 14.4 Å². The monoisotopic (exact) mass is 1150 g/mol. The number of benzene rings is 3. The molecule has 0 heterocycles. The summed E-state index contributed by atoms with van der Waals surface area (Å²) in [5, 5.41) is 0.102. The lowest BCUT2D eigenvalue weighted by Crippen LogP contribution is -2.17. The quantitative estimate of drug-likeness (QED) is 0.0376. The summed E-state index contributed by atoms with van der Waals surface area (Å²) in [6.07, 6.45) is 43.5. The van der Waals surface area contributed by atoms with Gasteiger partial charge in [-0.3, -0.25) is 14.4 Å². The van der Waals surface area contributed by atoms with E-state index in [1.165, 1.54) is 229 Å². The number of ether oxygens (including phenoxy) is 3. The minimum Gasteiger partial charge on any atom is -0.426 e. The Morgan fingerprint density at radius 1 is 0.359 bits per heavy atom. The van der Waals surface area contributed by atoms with Gasteiger partial charge in [-0.05, 0) is 91.2 Å². The van der Waals surface area contributed by atoms with Crippen LogP contribution in [-0.4, -0.2) is 17.9 Å². The first kappa shape index (κ1) is 67.2. The van der Waals surface area contributed by atoms with Crippen molar-refractivity contribution in [3.63, 3.8) is 0 Å². The summed E-state index contributed by atoms with van der Waals surface area (Å²) < 4.78 is 55.7. The van der Waals surface area contributed by atoms with Gasteiger partial charge < -0.3 is 14.2 Å². The van der Waals surface area contributed by atoms with Crippen molar-refractivity contribution in [3.8, 4) is 17.2 Å². The van der Waals surface area contributed by atoms with Crippen LogP contribution in [0.5, 0.6) is 17.2 Å². The summed E-state index contributed by atoms with van der Waals surface area (Å²) in [4.78, 5) is 35.9. The number of hydrogen-bond acceptors (Lipinski definition) is 6. The number of rotatable bonds is 30. The lowest BCUT2D eigenvalue weighted by molar-refractivity contribution is -0.135. The third-order valence-electron chi connectivity index (χ3n) is 16.7. The van der Waals surface area contributed by atoms with Crippen LogP contribution in [0, 0.1) is 53.0 Å². The SMILES string of the molecule is CCCCCCC1CCC(CCC(=O)Oc2ccc(Cl)c(F)c2)CC1.CCCCCCCC1CCC(CCC(=O)Oc2ccc(Cl)c(F)c2)CC1.CCCCCCCCC1CCC(CCC(=O)Oc2ccc(Cl)c(F)c2)CC1. The van der Waals surface area contributed by atoms with Crippen LogP contribution in [0.15, 0.2) is 54.6 Å².